The van der Waals surface area contributed by atoms with Crippen molar-refractivity contribution in [2.24, 2.45) is 5.41 Å². The summed E-state index contributed by atoms with van der Waals surface area (Å²) in [6.45, 7) is 5.24. The number of rotatable bonds is 3. The van der Waals surface area contributed by atoms with Crippen molar-refractivity contribution in [2.45, 2.75) is 37.9 Å². The Morgan fingerprint density at radius 2 is 2.11 bits per heavy atom. The number of thioether (sulfide) groups is 1. The quantitative estimate of drug-likeness (QED) is 0.803. The van der Waals surface area contributed by atoms with Crippen LogP contribution in [0.2, 0.25) is 0 Å². The molecule has 3 heterocycles. The van der Waals surface area contributed by atoms with E-state index >= 15 is 0 Å². The highest BCUT2D eigenvalue weighted by Gasteiger charge is 2.56. The second-order valence-electron chi connectivity index (χ2n) is 5.51. The lowest BCUT2D eigenvalue weighted by atomic mass is 9.80. The first-order valence-corrected chi connectivity index (χ1v) is 8.60. The Bertz CT molecular complexity index is 452. The van der Waals surface area contributed by atoms with Gasteiger partial charge in [0, 0.05) is 21.2 Å². The summed E-state index contributed by atoms with van der Waals surface area (Å²) in [5, 5.41) is -0.588. The SMILES string of the molecule is CCCC12COC(c3ccc(Br)cc3)(OC1C)SC2. The summed E-state index contributed by atoms with van der Waals surface area (Å²) in [6, 6.07) is 8.26. The van der Waals surface area contributed by atoms with Crippen LogP contribution in [-0.4, -0.2) is 18.5 Å². The Balaban J connectivity index is 1.87. The van der Waals surface area contributed by atoms with Gasteiger partial charge in [-0.3, -0.25) is 0 Å². The van der Waals surface area contributed by atoms with E-state index in [1.165, 1.54) is 12.8 Å². The molecule has 3 saturated heterocycles. The fourth-order valence-electron chi connectivity index (χ4n) is 2.96. The van der Waals surface area contributed by atoms with Crippen molar-refractivity contribution in [1.29, 1.82) is 0 Å². The number of fused-ring (bicyclic) bond motifs is 3. The summed E-state index contributed by atoms with van der Waals surface area (Å²) in [4.78, 5) is 0. The monoisotopic (exact) mass is 342 g/mol. The van der Waals surface area contributed by atoms with Crippen LogP contribution in [0.1, 0.15) is 32.3 Å². The maximum atomic E-state index is 6.28. The van der Waals surface area contributed by atoms with Gasteiger partial charge in [0.1, 0.15) is 0 Å². The van der Waals surface area contributed by atoms with Crippen LogP contribution in [0.25, 0.3) is 0 Å². The van der Waals surface area contributed by atoms with Gasteiger partial charge in [-0.1, -0.05) is 53.2 Å². The van der Waals surface area contributed by atoms with Crippen LogP contribution in [-0.2, 0) is 14.6 Å². The van der Waals surface area contributed by atoms with E-state index in [-0.39, 0.29) is 11.5 Å². The predicted molar refractivity (Wildman–Crippen MR) is 82.1 cm³/mol. The second kappa shape index (κ2) is 5.06. The Labute approximate surface area is 127 Å². The normalized spacial score (nSPS) is 37.5. The zero-order valence-corrected chi connectivity index (χ0v) is 13.7. The maximum Gasteiger partial charge on any atom is 0.246 e. The summed E-state index contributed by atoms with van der Waals surface area (Å²) in [6.07, 6.45) is 2.62. The van der Waals surface area contributed by atoms with Gasteiger partial charge in [0.15, 0.2) is 0 Å². The molecule has 19 heavy (non-hydrogen) atoms. The van der Waals surface area contributed by atoms with Gasteiger partial charge in [-0.05, 0) is 25.5 Å². The average Bonchev–Trinajstić information content (AvgIpc) is 2.42. The molecule has 4 rings (SSSR count). The lowest BCUT2D eigenvalue weighted by Crippen LogP contribution is -2.58. The molecule has 4 heteroatoms. The van der Waals surface area contributed by atoms with Crippen LogP contribution in [0.5, 0.6) is 0 Å². The Morgan fingerprint density at radius 3 is 2.63 bits per heavy atom. The summed E-state index contributed by atoms with van der Waals surface area (Å²) in [5.74, 6) is 1.12. The van der Waals surface area contributed by atoms with Crippen LogP contribution < -0.4 is 0 Å². The standard InChI is InChI=1S/C15H19BrO2S/c1-3-8-14-9-17-15(19-10-14,18-11(14)2)12-4-6-13(16)7-5-12/h4-7,11H,3,8-10H2,1-2H3. The third-order valence-corrected chi connectivity index (χ3v) is 6.32. The van der Waals surface area contributed by atoms with Gasteiger partial charge >= 0.3 is 0 Å². The van der Waals surface area contributed by atoms with Gasteiger partial charge in [-0.2, -0.15) is 0 Å². The van der Waals surface area contributed by atoms with Crippen molar-refractivity contribution < 1.29 is 9.47 Å². The van der Waals surface area contributed by atoms with Crippen LogP contribution >= 0.6 is 27.7 Å². The minimum Gasteiger partial charge on any atom is -0.337 e. The molecule has 104 valence electrons. The highest BCUT2D eigenvalue weighted by molar-refractivity contribution is 9.10. The lowest BCUT2D eigenvalue weighted by Gasteiger charge is -2.55. The fourth-order valence-corrected chi connectivity index (χ4v) is 4.82. The van der Waals surface area contributed by atoms with E-state index in [0.29, 0.717) is 0 Å². The van der Waals surface area contributed by atoms with Crippen molar-refractivity contribution >= 4 is 27.7 Å². The molecule has 0 aromatic heterocycles. The van der Waals surface area contributed by atoms with Crippen molar-refractivity contribution in [3.8, 4) is 0 Å². The predicted octanol–water partition coefficient (Wildman–Crippen LogP) is 4.53. The number of hydrogen-bond donors (Lipinski definition) is 0. The maximum absolute atomic E-state index is 6.28. The van der Waals surface area contributed by atoms with Crippen LogP contribution in [0.4, 0.5) is 0 Å². The third kappa shape index (κ3) is 2.27. The van der Waals surface area contributed by atoms with Crippen molar-refractivity contribution in [2.75, 3.05) is 12.4 Å². The van der Waals surface area contributed by atoms with E-state index < -0.39 is 5.12 Å². The molecule has 0 amide bonds. The van der Waals surface area contributed by atoms with Crippen LogP contribution in [0.15, 0.2) is 28.7 Å². The Kier molecular flexibility index (Phi) is 3.71. The molecular formula is C15H19BrO2S. The van der Waals surface area contributed by atoms with E-state index in [0.717, 1.165) is 22.4 Å². The third-order valence-electron chi connectivity index (χ3n) is 4.24. The van der Waals surface area contributed by atoms with Crippen molar-refractivity contribution in [1.82, 2.24) is 0 Å². The Morgan fingerprint density at radius 1 is 1.37 bits per heavy atom. The molecule has 3 aliphatic rings. The van der Waals surface area contributed by atoms with Crippen LogP contribution in [0.3, 0.4) is 0 Å². The zero-order chi connectivity index (χ0) is 13.5. The zero-order valence-electron chi connectivity index (χ0n) is 11.3. The first kappa shape index (κ1) is 13.9. The van der Waals surface area contributed by atoms with E-state index in [1.54, 1.807) is 11.8 Å². The number of hydrogen-bond acceptors (Lipinski definition) is 3. The van der Waals surface area contributed by atoms with Gasteiger partial charge in [0.2, 0.25) is 5.12 Å². The molecule has 1 aromatic rings. The fraction of sp³-hybridized carbons (Fsp3) is 0.600. The molecule has 3 aliphatic heterocycles. The van der Waals surface area contributed by atoms with E-state index in [9.17, 15) is 0 Å². The molecule has 0 spiro atoms. The molecule has 3 atom stereocenters. The van der Waals surface area contributed by atoms with Gasteiger partial charge in [0.25, 0.3) is 0 Å². The summed E-state index contributed by atoms with van der Waals surface area (Å²) >= 11 is 5.27. The first-order chi connectivity index (χ1) is 9.10. The summed E-state index contributed by atoms with van der Waals surface area (Å²) < 4.78 is 13.5. The van der Waals surface area contributed by atoms with E-state index in [4.69, 9.17) is 9.47 Å². The molecule has 2 nitrogen and oxygen atoms in total. The summed E-state index contributed by atoms with van der Waals surface area (Å²) in [7, 11) is 0. The Hall–Kier alpha value is -0.0300. The topological polar surface area (TPSA) is 18.5 Å². The molecule has 0 saturated carbocycles. The van der Waals surface area contributed by atoms with Gasteiger partial charge in [-0.15, -0.1) is 0 Å². The molecule has 3 unspecified atom stereocenters. The number of halogens is 1. The van der Waals surface area contributed by atoms with E-state index in [1.807, 2.05) is 12.1 Å². The second-order valence-corrected chi connectivity index (χ2v) is 7.54. The van der Waals surface area contributed by atoms with Gasteiger partial charge < -0.3 is 9.47 Å². The molecular weight excluding hydrogens is 324 g/mol. The summed E-state index contributed by atoms with van der Waals surface area (Å²) in [5.41, 5.74) is 1.31. The first-order valence-electron chi connectivity index (χ1n) is 6.82. The lowest BCUT2D eigenvalue weighted by molar-refractivity contribution is -0.297. The molecule has 2 bridgehead atoms. The molecule has 0 radical (unpaired) electrons. The van der Waals surface area contributed by atoms with Gasteiger partial charge in [-0.25, -0.2) is 0 Å². The van der Waals surface area contributed by atoms with Crippen LogP contribution in [0, 0.1) is 5.41 Å². The average molecular weight is 343 g/mol. The molecule has 0 aliphatic carbocycles. The molecule has 0 N–H and O–H groups in total. The molecule has 3 fully saturated rings. The minimum atomic E-state index is -0.588. The van der Waals surface area contributed by atoms with Gasteiger partial charge in [0.05, 0.1) is 12.7 Å². The smallest absolute Gasteiger partial charge is 0.246 e. The van der Waals surface area contributed by atoms with E-state index in [2.05, 4.69) is 41.9 Å². The molecule has 1 aromatic carbocycles. The minimum absolute atomic E-state index is 0.205. The highest BCUT2D eigenvalue weighted by atomic mass is 79.9. The van der Waals surface area contributed by atoms with Crippen molar-refractivity contribution in [3.63, 3.8) is 0 Å². The largest absolute Gasteiger partial charge is 0.337 e. The number of ether oxygens (including phenoxy) is 2. The highest BCUT2D eigenvalue weighted by Crippen LogP contribution is 2.56. The van der Waals surface area contributed by atoms with Crippen molar-refractivity contribution in [3.05, 3.63) is 34.3 Å². The number of benzene rings is 1.